The number of amides is 1. The fraction of sp³-hybridized carbons (Fsp3) is 0.200. The molecule has 1 amide bonds. The van der Waals surface area contributed by atoms with Crippen molar-refractivity contribution < 1.29 is 26.3 Å². The molecule has 5 nitrogen and oxygen atoms in total. The van der Waals surface area contributed by atoms with Gasteiger partial charge in [0.1, 0.15) is 0 Å². The average molecular weight is 285 g/mol. The molecule has 0 spiro atoms. The van der Waals surface area contributed by atoms with Crippen LogP contribution in [0, 0.1) is 0 Å². The number of rotatable bonds is 2. The van der Waals surface area contributed by atoms with Crippen LogP contribution in [0.25, 0.3) is 11.0 Å². The highest BCUT2D eigenvalue weighted by atomic mass is 79.9. The third-order valence-corrected chi connectivity index (χ3v) is 2.36. The third-order valence-electron chi connectivity index (χ3n) is 2.36. The molecule has 0 saturated heterocycles. The van der Waals surface area contributed by atoms with Gasteiger partial charge in [0, 0.05) is 0 Å². The van der Waals surface area contributed by atoms with Crippen molar-refractivity contribution >= 4 is 16.9 Å². The van der Waals surface area contributed by atoms with Crippen LogP contribution in [0.5, 0.6) is 0 Å². The number of fused-ring (bicyclic) bond motifs is 1. The highest BCUT2D eigenvalue weighted by Crippen LogP contribution is 2.09. The van der Waals surface area contributed by atoms with Crippen molar-refractivity contribution in [3.05, 3.63) is 30.6 Å². The van der Waals surface area contributed by atoms with Crippen LogP contribution in [0.2, 0.25) is 0 Å². The number of nitrogens with zero attached hydrogens (tertiary/aromatic N) is 2. The molecule has 6 heteroatoms. The number of nitrogens with one attached hydrogen (secondary N) is 1. The Labute approximate surface area is 104 Å². The molecule has 0 saturated carbocycles. The summed E-state index contributed by atoms with van der Waals surface area (Å²) in [6, 6.07) is 7.89. The molecule has 2 aromatic rings. The quantitative estimate of drug-likeness (QED) is 0.260. The lowest BCUT2D eigenvalue weighted by Gasteiger charge is -1.95. The minimum atomic E-state index is -0.212. The highest BCUT2D eigenvalue weighted by Gasteiger charge is 2.14. The van der Waals surface area contributed by atoms with Crippen molar-refractivity contribution in [2.24, 2.45) is 12.9 Å². The number of hydrogen-bond acceptors (Lipinski definition) is 2. The minimum absolute atomic E-state index is 0. The van der Waals surface area contributed by atoms with Crippen LogP contribution >= 0.6 is 0 Å². The van der Waals surface area contributed by atoms with E-state index >= 15 is 0 Å². The van der Waals surface area contributed by atoms with E-state index in [2.05, 4.69) is 5.43 Å². The van der Waals surface area contributed by atoms with E-state index in [9.17, 15) is 4.79 Å². The van der Waals surface area contributed by atoms with Crippen molar-refractivity contribution in [1.82, 2.24) is 9.99 Å². The molecule has 0 aliphatic carbocycles. The van der Waals surface area contributed by atoms with Gasteiger partial charge in [-0.15, -0.1) is 0 Å². The normalized spacial score (nSPS) is 9.88. The lowest BCUT2D eigenvalue weighted by atomic mass is 10.3. The van der Waals surface area contributed by atoms with Gasteiger partial charge >= 0.3 is 0 Å². The zero-order chi connectivity index (χ0) is 10.8. The molecular formula is C10H13BrN4O. The van der Waals surface area contributed by atoms with Gasteiger partial charge in [0.15, 0.2) is 17.6 Å². The van der Waals surface area contributed by atoms with E-state index in [1.54, 1.807) is 0 Å². The standard InChI is InChI=1S/C10H12N4O.BrH/c1-13-7-14(6-10(15)12-11)9-5-3-2-4-8(9)13;/h2-5,7H,6,11H2,1H3;1H. The SMILES string of the molecule is C[n+]1cn(CC(=O)NN)c2ccccc21.[Br-]. The average Bonchev–Trinajstić information content (AvgIpc) is 2.57. The topological polar surface area (TPSA) is 63.9 Å². The molecule has 0 unspecified atom stereocenters. The van der Waals surface area contributed by atoms with Gasteiger partial charge in [-0.1, -0.05) is 12.1 Å². The van der Waals surface area contributed by atoms with Crippen LogP contribution in [-0.4, -0.2) is 10.5 Å². The monoisotopic (exact) mass is 284 g/mol. The Bertz CT molecular complexity index is 508. The molecule has 0 aliphatic rings. The molecule has 0 radical (unpaired) electrons. The number of halogens is 1. The molecule has 3 N–H and O–H groups in total. The van der Waals surface area contributed by atoms with Crippen molar-refractivity contribution in [1.29, 1.82) is 0 Å². The Morgan fingerprint density at radius 1 is 1.50 bits per heavy atom. The number of para-hydroxylation sites is 2. The number of hydrazine groups is 1. The summed E-state index contributed by atoms with van der Waals surface area (Å²) in [5.74, 6) is 4.84. The Morgan fingerprint density at radius 3 is 2.88 bits per heavy atom. The zero-order valence-corrected chi connectivity index (χ0v) is 10.4. The summed E-state index contributed by atoms with van der Waals surface area (Å²) in [6.07, 6.45) is 1.87. The number of hydrogen-bond donors (Lipinski definition) is 2. The first-order valence-corrected chi connectivity index (χ1v) is 4.65. The lowest BCUT2D eigenvalue weighted by Crippen LogP contribution is -3.00. The summed E-state index contributed by atoms with van der Waals surface area (Å²) in [5.41, 5.74) is 4.22. The number of imidazole rings is 1. The number of carbonyl (C=O) groups is 1. The van der Waals surface area contributed by atoms with E-state index in [1.807, 2.05) is 46.8 Å². The van der Waals surface area contributed by atoms with Crippen molar-refractivity contribution in [3.8, 4) is 0 Å². The maximum absolute atomic E-state index is 11.2. The van der Waals surface area contributed by atoms with Crippen LogP contribution in [0.15, 0.2) is 30.6 Å². The van der Waals surface area contributed by atoms with Gasteiger partial charge in [0.2, 0.25) is 6.33 Å². The van der Waals surface area contributed by atoms with Gasteiger partial charge in [0.05, 0.1) is 7.05 Å². The first-order chi connectivity index (χ1) is 7.22. The Kier molecular flexibility index (Phi) is 4.03. The zero-order valence-electron chi connectivity index (χ0n) is 8.85. The third kappa shape index (κ3) is 2.23. The number of nitrogens with two attached hydrogens (primary N) is 1. The smallest absolute Gasteiger partial charge is 0.276 e. The summed E-state index contributed by atoms with van der Waals surface area (Å²) in [7, 11) is 1.94. The first-order valence-electron chi connectivity index (χ1n) is 4.65. The van der Waals surface area contributed by atoms with E-state index in [0.717, 1.165) is 11.0 Å². The molecule has 0 bridgehead atoms. The second-order valence-corrected chi connectivity index (χ2v) is 3.41. The largest absolute Gasteiger partial charge is 1.00 e. The summed E-state index contributed by atoms with van der Waals surface area (Å²) in [4.78, 5) is 11.2. The maximum Gasteiger partial charge on any atom is 0.276 e. The van der Waals surface area contributed by atoms with Crippen LogP contribution in [-0.2, 0) is 18.4 Å². The molecule has 0 atom stereocenters. The summed E-state index contributed by atoms with van der Waals surface area (Å²) in [5, 5.41) is 0. The number of carbonyl (C=O) groups excluding carboxylic acids is 1. The van der Waals surface area contributed by atoms with Gasteiger partial charge in [-0.3, -0.25) is 10.2 Å². The van der Waals surface area contributed by atoms with Gasteiger partial charge < -0.3 is 17.0 Å². The lowest BCUT2D eigenvalue weighted by molar-refractivity contribution is -0.645. The predicted octanol–water partition coefficient (Wildman–Crippen LogP) is -3.54. The summed E-state index contributed by atoms with van der Waals surface area (Å²) < 4.78 is 3.83. The molecule has 1 aromatic carbocycles. The van der Waals surface area contributed by atoms with Gasteiger partial charge in [-0.05, 0) is 12.1 Å². The van der Waals surface area contributed by atoms with Crippen LogP contribution in [0.3, 0.4) is 0 Å². The van der Waals surface area contributed by atoms with Gasteiger partial charge in [-0.2, -0.15) is 0 Å². The van der Waals surface area contributed by atoms with Crippen molar-refractivity contribution in [2.45, 2.75) is 6.54 Å². The minimum Gasteiger partial charge on any atom is -1.00 e. The highest BCUT2D eigenvalue weighted by molar-refractivity contribution is 5.78. The van der Waals surface area contributed by atoms with E-state index in [4.69, 9.17) is 5.84 Å². The molecule has 1 heterocycles. The Morgan fingerprint density at radius 2 is 2.19 bits per heavy atom. The van der Waals surface area contributed by atoms with Gasteiger partial charge in [0.25, 0.3) is 5.91 Å². The van der Waals surface area contributed by atoms with Crippen LogP contribution < -0.4 is 32.8 Å². The Hall–Kier alpha value is -1.40. The number of benzene rings is 1. The van der Waals surface area contributed by atoms with Gasteiger partial charge in [-0.25, -0.2) is 15.0 Å². The molecule has 1 aromatic heterocycles. The van der Waals surface area contributed by atoms with Crippen molar-refractivity contribution in [3.63, 3.8) is 0 Å². The van der Waals surface area contributed by atoms with Crippen molar-refractivity contribution in [2.75, 3.05) is 0 Å². The van der Waals surface area contributed by atoms with E-state index < -0.39 is 0 Å². The predicted molar refractivity (Wildman–Crippen MR) is 55.4 cm³/mol. The molecule has 0 fully saturated rings. The number of aromatic nitrogens is 2. The van der Waals surface area contributed by atoms with E-state index in [0.29, 0.717) is 0 Å². The molecule has 16 heavy (non-hydrogen) atoms. The van der Waals surface area contributed by atoms with E-state index in [1.165, 1.54) is 0 Å². The van der Waals surface area contributed by atoms with Crippen LogP contribution in [0.1, 0.15) is 0 Å². The molecular weight excluding hydrogens is 272 g/mol. The fourth-order valence-corrected chi connectivity index (χ4v) is 1.67. The summed E-state index contributed by atoms with van der Waals surface area (Å²) >= 11 is 0. The summed E-state index contributed by atoms with van der Waals surface area (Å²) in [6.45, 7) is 0.234. The second-order valence-electron chi connectivity index (χ2n) is 3.41. The fourth-order valence-electron chi connectivity index (χ4n) is 1.67. The van der Waals surface area contributed by atoms with Crippen LogP contribution in [0.4, 0.5) is 0 Å². The Balaban J connectivity index is 0.00000128. The second kappa shape index (κ2) is 5.09. The molecule has 0 aliphatic heterocycles. The molecule has 86 valence electrons. The number of aryl methyl sites for hydroxylation is 1. The first kappa shape index (κ1) is 12.7. The maximum atomic E-state index is 11.2. The molecule has 2 rings (SSSR count). The van der Waals surface area contributed by atoms with E-state index in [-0.39, 0.29) is 29.4 Å².